The van der Waals surface area contributed by atoms with Crippen molar-refractivity contribution in [2.24, 2.45) is 11.5 Å². The second-order valence-electron chi connectivity index (χ2n) is 7.04. The van der Waals surface area contributed by atoms with Crippen LogP contribution in [0.1, 0.15) is 11.1 Å². The first-order chi connectivity index (χ1) is 16.4. The number of hydrogen-bond donors (Lipinski definition) is 8. The van der Waals surface area contributed by atoms with E-state index in [1.807, 2.05) is 36.4 Å². The van der Waals surface area contributed by atoms with Crippen molar-refractivity contribution in [2.45, 2.75) is 12.8 Å². The maximum atomic E-state index is 7.19. The van der Waals surface area contributed by atoms with E-state index in [1.165, 1.54) is 0 Å². The summed E-state index contributed by atoms with van der Waals surface area (Å²) in [5.74, 6) is 2.51. The van der Waals surface area contributed by atoms with Crippen molar-refractivity contribution in [1.82, 2.24) is 21.7 Å². The average molecular weight is 475 g/mol. The van der Waals surface area contributed by atoms with Gasteiger partial charge >= 0.3 is 0 Å². The van der Waals surface area contributed by atoms with Crippen LogP contribution in [0.2, 0.25) is 0 Å². The number of ether oxygens (including phenoxy) is 4. The Morgan fingerprint density at radius 1 is 0.794 bits per heavy atom. The molecule has 0 unspecified atom stereocenters. The number of hydrogen-bond acceptors (Lipinski definition) is 8. The molecule has 0 bridgehead atoms. The van der Waals surface area contributed by atoms with Crippen LogP contribution in [0.5, 0.6) is 23.0 Å². The highest BCUT2D eigenvalue weighted by Crippen LogP contribution is 2.29. The molecule has 0 aliphatic heterocycles. The van der Waals surface area contributed by atoms with E-state index in [0.29, 0.717) is 56.4 Å². The van der Waals surface area contributed by atoms with Crippen LogP contribution in [0, 0.1) is 10.8 Å². The molecule has 0 fully saturated rings. The highest BCUT2D eigenvalue weighted by Gasteiger charge is 2.11. The lowest BCUT2D eigenvalue weighted by molar-refractivity contribution is 0.214. The number of benzene rings is 2. The standard InChI is InChI=1S/C22H34N8O4/c1-31-18-4-3-5-19(17(18)9-11-28-30-22(25)26)34-13-12-33-16-7-6-15(20(14-16)32-2)8-10-27-29-21(23)24/h3-7,14,27-28H,8-13H2,1-2H3,(H4,23,24,29)(H4,25,26,30). The molecule has 0 aromatic heterocycles. The summed E-state index contributed by atoms with van der Waals surface area (Å²) in [5.41, 5.74) is 23.2. The molecule has 2 aromatic carbocycles. The molecule has 2 aromatic rings. The monoisotopic (exact) mass is 474 g/mol. The number of guanidine groups is 2. The normalized spacial score (nSPS) is 10.3. The molecule has 0 saturated carbocycles. The van der Waals surface area contributed by atoms with Crippen molar-refractivity contribution in [2.75, 3.05) is 40.5 Å². The Kier molecular flexibility index (Phi) is 11.1. The van der Waals surface area contributed by atoms with Crippen LogP contribution >= 0.6 is 0 Å². The zero-order valence-corrected chi connectivity index (χ0v) is 19.5. The number of rotatable bonds is 15. The minimum Gasteiger partial charge on any atom is -0.496 e. The summed E-state index contributed by atoms with van der Waals surface area (Å²) in [6.45, 7) is 1.78. The van der Waals surface area contributed by atoms with E-state index in [4.69, 9.17) is 41.2 Å². The van der Waals surface area contributed by atoms with Gasteiger partial charge in [-0.05, 0) is 36.6 Å². The molecule has 12 nitrogen and oxygen atoms in total. The van der Waals surface area contributed by atoms with Crippen molar-refractivity contribution in [1.29, 1.82) is 10.8 Å². The number of nitrogens with two attached hydrogens (primary N) is 2. The molecule has 0 saturated heterocycles. The third-order valence-corrected chi connectivity index (χ3v) is 4.64. The number of hydrazine groups is 2. The van der Waals surface area contributed by atoms with Crippen LogP contribution in [0.4, 0.5) is 0 Å². The highest BCUT2D eigenvalue weighted by molar-refractivity contribution is 5.73. The molecule has 12 heteroatoms. The molecule has 186 valence electrons. The second kappa shape index (κ2) is 14.3. The van der Waals surface area contributed by atoms with Gasteiger partial charge in [0.15, 0.2) is 11.9 Å². The quantitative estimate of drug-likeness (QED) is 0.0768. The minimum absolute atomic E-state index is 0.138. The van der Waals surface area contributed by atoms with Crippen LogP contribution in [-0.2, 0) is 12.8 Å². The van der Waals surface area contributed by atoms with E-state index in [0.717, 1.165) is 16.9 Å². The maximum absolute atomic E-state index is 7.19. The molecule has 0 spiro atoms. The third kappa shape index (κ3) is 8.92. The van der Waals surface area contributed by atoms with E-state index in [2.05, 4.69) is 21.7 Å². The summed E-state index contributed by atoms with van der Waals surface area (Å²) in [4.78, 5) is 0. The van der Waals surface area contributed by atoms with Crippen LogP contribution in [0.3, 0.4) is 0 Å². The zero-order chi connectivity index (χ0) is 24.8. The van der Waals surface area contributed by atoms with E-state index in [1.54, 1.807) is 14.2 Å². The second-order valence-corrected chi connectivity index (χ2v) is 7.04. The van der Waals surface area contributed by atoms with E-state index in [9.17, 15) is 0 Å². The van der Waals surface area contributed by atoms with Gasteiger partial charge in [0.1, 0.15) is 36.2 Å². The molecule has 10 N–H and O–H groups in total. The molecule has 2 rings (SSSR count). The van der Waals surface area contributed by atoms with E-state index >= 15 is 0 Å². The van der Waals surface area contributed by atoms with Gasteiger partial charge in [0.2, 0.25) is 0 Å². The van der Waals surface area contributed by atoms with E-state index in [-0.39, 0.29) is 11.9 Å². The molecular weight excluding hydrogens is 440 g/mol. The Bertz CT molecular complexity index is 941. The molecule has 0 atom stereocenters. The van der Waals surface area contributed by atoms with Gasteiger partial charge in [0.25, 0.3) is 0 Å². The first-order valence-electron chi connectivity index (χ1n) is 10.7. The summed E-state index contributed by atoms with van der Waals surface area (Å²) in [6.07, 6.45) is 1.29. The molecule has 0 amide bonds. The topological polar surface area (TPSA) is 185 Å². The van der Waals surface area contributed by atoms with Gasteiger partial charge in [0, 0.05) is 24.7 Å². The van der Waals surface area contributed by atoms with Gasteiger partial charge in [-0.15, -0.1) is 0 Å². The molecule has 0 aliphatic rings. The Labute approximate surface area is 199 Å². The summed E-state index contributed by atoms with van der Waals surface area (Å²) in [7, 11) is 3.22. The van der Waals surface area contributed by atoms with Gasteiger partial charge in [-0.3, -0.25) is 21.7 Å². The van der Waals surface area contributed by atoms with Gasteiger partial charge < -0.3 is 30.4 Å². The maximum Gasteiger partial charge on any atom is 0.200 e. The van der Waals surface area contributed by atoms with Crippen molar-refractivity contribution < 1.29 is 18.9 Å². The van der Waals surface area contributed by atoms with Crippen LogP contribution < -0.4 is 52.1 Å². The Morgan fingerprint density at radius 3 is 2.06 bits per heavy atom. The Balaban J connectivity index is 1.87. The third-order valence-electron chi connectivity index (χ3n) is 4.64. The fourth-order valence-corrected chi connectivity index (χ4v) is 3.15. The summed E-state index contributed by atoms with van der Waals surface area (Å²) in [6, 6.07) is 11.3. The van der Waals surface area contributed by atoms with Crippen molar-refractivity contribution in [3.05, 3.63) is 47.5 Å². The lowest BCUT2D eigenvalue weighted by atomic mass is 10.1. The van der Waals surface area contributed by atoms with Gasteiger partial charge in [-0.1, -0.05) is 12.1 Å². The lowest BCUT2D eigenvalue weighted by Gasteiger charge is -2.16. The zero-order valence-electron chi connectivity index (χ0n) is 19.5. The summed E-state index contributed by atoms with van der Waals surface area (Å²) < 4.78 is 22.7. The number of nitrogens with one attached hydrogen (secondary N) is 6. The smallest absolute Gasteiger partial charge is 0.200 e. The van der Waals surface area contributed by atoms with Crippen molar-refractivity contribution in [3.63, 3.8) is 0 Å². The Hall–Kier alpha value is -3.90. The molecule has 0 heterocycles. The van der Waals surface area contributed by atoms with Crippen LogP contribution in [-0.4, -0.2) is 52.4 Å². The fraction of sp³-hybridized carbons (Fsp3) is 0.364. The van der Waals surface area contributed by atoms with Gasteiger partial charge in [0.05, 0.1) is 14.2 Å². The first-order valence-corrected chi connectivity index (χ1v) is 10.7. The molecular formula is C22H34N8O4. The SMILES string of the molecule is COc1cc(OCCOc2cccc(OC)c2CCNNC(=N)N)ccc1CCNNC(=N)N. The lowest BCUT2D eigenvalue weighted by Crippen LogP contribution is -2.42. The predicted octanol–water partition coefficient (Wildman–Crippen LogP) is 0.222. The summed E-state index contributed by atoms with van der Waals surface area (Å²) >= 11 is 0. The average Bonchev–Trinajstić information content (AvgIpc) is 2.82. The molecule has 0 radical (unpaired) electrons. The van der Waals surface area contributed by atoms with Gasteiger partial charge in [-0.25, -0.2) is 10.9 Å². The largest absolute Gasteiger partial charge is 0.496 e. The van der Waals surface area contributed by atoms with E-state index < -0.39 is 0 Å². The van der Waals surface area contributed by atoms with Gasteiger partial charge in [-0.2, -0.15) is 0 Å². The van der Waals surface area contributed by atoms with Crippen LogP contribution in [0.15, 0.2) is 36.4 Å². The molecule has 34 heavy (non-hydrogen) atoms. The van der Waals surface area contributed by atoms with Crippen molar-refractivity contribution >= 4 is 11.9 Å². The fourth-order valence-electron chi connectivity index (χ4n) is 3.15. The van der Waals surface area contributed by atoms with Crippen molar-refractivity contribution in [3.8, 4) is 23.0 Å². The first kappa shape index (κ1) is 26.4. The highest BCUT2D eigenvalue weighted by atomic mass is 16.5. The van der Waals surface area contributed by atoms with Crippen LogP contribution in [0.25, 0.3) is 0 Å². The summed E-state index contributed by atoms with van der Waals surface area (Å²) in [5, 5.41) is 14.3. The Morgan fingerprint density at radius 2 is 1.41 bits per heavy atom. The minimum atomic E-state index is -0.153. The number of methoxy groups -OCH3 is 2. The molecule has 0 aliphatic carbocycles. The predicted molar refractivity (Wildman–Crippen MR) is 130 cm³/mol.